The van der Waals surface area contributed by atoms with E-state index in [1.54, 1.807) is 49.1 Å². The standard InChI is InChI=1S/C18H25N5O4S/c1-11-15(10-19-22(11)3)16-9-17(23(4)28(26,27)21-16)18(25)20-14-7-5-13(6-8-14)12(2)24/h5-8,10,12,16-17,21,24H,9H2,1-4H3,(H,20,25)/t12-,16-,17+/m0/s1. The SMILES string of the molecule is Cc1c([C@@H]2C[C@H](C(=O)Nc3ccc([C@H](C)O)cc3)N(C)S(=O)(=O)N2)cnn1C. The summed E-state index contributed by atoms with van der Waals surface area (Å²) in [6.07, 6.45) is 1.30. The van der Waals surface area contributed by atoms with Gasteiger partial charge in [-0.05, 0) is 38.0 Å². The summed E-state index contributed by atoms with van der Waals surface area (Å²) in [5, 5.41) is 16.5. The Balaban J connectivity index is 1.82. The van der Waals surface area contributed by atoms with E-state index in [1.165, 1.54) is 7.05 Å². The first-order valence-corrected chi connectivity index (χ1v) is 10.4. The molecular formula is C18H25N5O4S. The highest BCUT2D eigenvalue weighted by Gasteiger charge is 2.41. The van der Waals surface area contributed by atoms with Gasteiger partial charge in [0.15, 0.2) is 0 Å². The molecule has 1 aliphatic heterocycles. The Morgan fingerprint density at radius 2 is 1.96 bits per heavy atom. The van der Waals surface area contributed by atoms with Gasteiger partial charge in [0.2, 0.25) is 5.91 Å². The molecule has 1 aromatic carbocycles. The van der Waals surface area contributed by atoms with Gasteiger partial charge in [-0.15, -0.1) is 0 Å². The van der Waals surface area contributed by atoms with Crippen molar-refractivity contribution >= 4 is 21.8 Å². The number of amides is 1. The number of aromatic nitrogens is 2. The first-order chi connectivity index (χ1) is 13.1. The lowest BCUT2D eigenvalue weighted by atomic mass is 10.00. The van der Waals surface area contributed by atoms with Crippen LogP contribution in [0.25, 0.3) is 0 Å². The van der Waals surface area contributed by atoms with Crippen LogP contribution in [0.3, 0.4) is 0 Å². The summed E-state index contributed by atoms with van der Waals surface area (Å²) in [5.74, 6) is -0.413. The molecular weight excluding hydrogens is 382 g/mol. The molecule has 0 aliphatic carbocycles. The summed E-state index contributed by atoms with van der Waals surface area (Å²) in [5.41, 5.74) is 2.85. The monoisotopic (exact) mass is 407 g/mol. The Hall–Kier alpha value is -2.27. The number of hydrogen-bond acceptors (Lipinski definition) is 5. The van der Waals surface area contributed by atoms with E-state index in [2.05, 4.69) is 15.1 Å². The Labute approximate surface area is 164 Å². The number of likely N-dealkylation sites (N-methyl/N-ethyl adjacent to an activating group) is 1. The van der Waals surface area contributed by atoms with Gasteiger partial charge in [-0.3, -0.25) is 9.48 Å². The van der Waals surface area contributed by atoms with Crippen LogP contribution in [0.15, 0.2) is 30.5 Å². The van der Waals surface area contributed by atoms with Gasteiger partial charge in [0.05, 0.1) is 18.3 Å². The van der Waals surface area contributed by atoms with Crippen molar-refractivity contribution < 1.29 is 18.3 Å². The minimum atomic E-state index is -3.82. The molecule has 10 heteroatoms. The molecule has 1 fully saturated rings. The minimum absolute atomic E-state index is 0.278. The van der Waals surface area contributed by atoms with E-state index in [-0.39, 0.29) is 6.42 Å². The lowest BCUT2D eigenvalue weighted by Gasteiger charge is -2.36. The maximum atomic E-state index is 12.8. The zero-order chi connectivity index (χ0) is 20.6. The van der Waals surface area contributed by atoms with Crippen molar-refractivity contribution in [3.8, 4) is 0 Å². The number of nitrogens with zero attached hydrogens (tertiary/aromatic N) is 3. The maximum absolute atomic E-state index is 12.8. The number of aliphatic hydroxyl groups is 1. The third-order valence-corrected chi connectivity index (χ3v) is 6.78. The van der Waals surface area contributed by atoms with Gasteiger partial charge in [-0.2, -0.15) is 22.5 Å². The fourth-order valence-electron chi connectivity index (χ4n) is 3.24. The van der Waals surface area contributed by atoms with Crippen molar-refractivity contribution in [3.63, 3.8) is 0 Å². The first kappa shape index (κ1) is 20.5. The first-order valence-electron chi connectivity index (χ1n) is 8.93. The average Bonchev–Trinajstić information content (AvgIpc) is 2.96. The Bertz CT molecular complexity index is 968. The number of anilines is 1. The number of aryl methyl sites for hydroxylation is 1. The lowest BCUT2D eigenvalue weighted by Crippen LogP contribution is -2.56. The number of hydrogen-bond donors (Lipinski definition) is 3. The second kappa shape index (κ2) is 7.63. The number of benzene rings is 1. The number of rotatable bonds is 4. The second-order valence-electron chi connectivity index (χ2n) is 7.04. The molecule has 3 atom stereocenters. The Kier molecular flexibility index (Phi) is 5.57. The number of carbonyl (C=O) groups excluding carboxylic acids is 1. The second-order valence-corrected chi connectivity index (χ2v) is 8.80. The molecule has 0 unspecified atom stereocenters. The van der Waals surface area contributed by atoms with Crippen molar-refractivity contribution in [1.82, 2.24) is 18.8 Å². The van der Waals surface area contributed by atoms with Crippen molar-refractivity contribution in [2.45, 2.75) is 38.5 Å². The van der Waals surface area contributed by atoms with E-state index >= 15 is 0 Å². The van der Waals surface area contributed by atoms with Crippen LogP contribution in [0, 0.1) is 6.92 Å². The van der Waals surface area contributed by atoms with Gasteiger partial charge in [0.25, 0.3) is 10.2 Å². The Morgan fingerprint density at radius 3 is 2.50 bits per heavy atom. The third kappa shape index (κ3) is 3.95. The molecule has 1 saturated heterocycles. The minimum Gasteiger partial charge on any atom is -0.389 e. The van der Waals surface area contributed by atoms with E-state index in [0.29, 0.717) is 5.69 Å². The molecule has 0 saturated carbocycles. The smallest absolute Gasteiger partial charge is 0.280 e. The van der Waals surface area contributed by atoms with Crippen molar-refractivity contribution in [2.75, 3.05) is 12.4 Å². The molecule has 1 aliphatic rings. The lowest BCUT2D eigenvalue weighted by molar-refractivity contribution is -0.120. The van der Waals surface area contributed by atoms with Crippen LogP contribution in [0.4, 0.5) is 5.69 Å². The largest absolute Gasteiger partial charge is 0.389 e. The van der Waals surface area contributed by atoms with E-state index < -0.39 is 34.3 Å². The number of nitrogens with one attached hydrogen (secondary N) is 2. The highest BCUT2D eigenvalue weighted by atomic mass is 32.2. The van der Waals surface area contributed by atoms with Crippen LogP contribution >= 0.6 is 0 Å². The molecule has 2 aromatic rings. The van der Waals surface area contributed by atoms with Gasteiger partial charge in [-0.25, -0.2) is 0 Å². The van der Waals surface area contributed by atoms with Crippen LogP contribution in [-0.4, -0.2) is 46.6 Å². The molecule has 152 valence electrons. The fraction of sp³-hybridized carbons (Fsp3) is 0.444. The van der Waals surface area contributed by atoms with Gasteiger partial charge >= 0.3 is 0 Å². The average molecular weight is 407 g/mol. The molecule has 9 nitrogen and oxygen atoms in total. The predicted octanol–water partition coefficient (Wildman–Crippen LogP) is 1.00. The summed E-state index contributed by atoms with van der Waals surface area (Å²) >= 11 is 0. The topological polar surface area (TPSA) is 117 Å². The molecule has 2 heterocycles. The fourth-order valence-corrected chi connectivity index (χ4v) is 4.51. The van der Waals surface area contributed by atoms with Crippen molar-refractivity contribution in [3.05, 3.63) is 47.3 Å². The van der Waals surface area contributed by atoms with Crippen molar-refractivity contribution in [1.29, 1.82) is 0 Å². The normalized spacial score (nSPS) is 23.3. The van der Waals surface area contributed by atoms with Crippen LogP contribution < -0.4 is 10.0 Å². The van der Waals surface area contributed by atoms with Crippen molar-refractivity contribution in [2.24, 2.45) is 7.05 Å². The quantitative estimate of drug-likeness (QED) is 0.699. The zero-order valence-electron chi connectivity index (χ0n) is 16.2. The summed E-state index contributed by atoms with van der Waals surface area (Å²) in [7, 11) is -0.653. The third-order valence-electron chi connectivity index (χ3n) is 5.18. The summed E-state index contributed by atoms with van der Waals surface area (Å²) in [6, 6.07) is 5.38. The molecule has 28 heavy (non-hydrogen) atoms. The molecule has 3 rings (SSSR count). The van der Waals surface area contributed by atoms with Crippen LogP contribution in [0.1, 0.15) is 42.3 Å². The van der Waals surface area contributed by atoms with Gasteiger partial charge in [-0.1, -0.05) is 12.1 Å². The van der Waals surface area contributed by atoms with Crippen LogP contribution in [0.2, 0.25) is 0 Å². The van der Waals surface area contributed by atoms with Gasteiger partial charge in [0.1, 0.15) is 6.04 Å². The highest BCUT2D eigenvalue weighted by Crippen LogP contribution is 2.30. The van der Waals surface area contributed by atoms with Gasteiger partial charge in [0, 0.05) is 31.0 Å². The Morgan fingerprint density at radius 1 is 1.32 bits per heavy atom. The molecule has 1 amide bonds. The van der Waals surface area contributed by atoms with E-state index in [9.17, 15) is 18.3 Å². The summed E-state index contributed by atoms with van der Waals surface area (Å²) in [4.78, 5) is 12.8. The molecule has 3 N–H and O–H groups in total. The molecule has 0 spiro atoms. The number of carbonyl (C=O) groups is 1. The van der Waals surface area contributed by atoms with Crippen LogP contribution in [-0.2, 0) is 22.1 Å². The van der Waals surface area contributed by atoms with E-state index in [4.69, 9.17) is 0 Å². The maximum Gasteiger partial charge on any atom is 0.280 e. The molecule has 1 aromatic heterocycles. The van der Waals surface area contributed by atoms with Crippen LogP contribution in [0.5, 0.6) is 0 Å². The molecule has 0 radical (unpaired) electrons. The predicted molar refractivity (Wildman–Crippen MR) is 105 cm³/mol. The zero-order valence-corrected chi connectivity index (χ0v) is 17.1. The molecule has 0 bridgehead atoms. The number of aliphatic hydroxyl groups excluding tert-OH is 1. The van der Waals surface area contributed by atoms with E-state index in [0.717, 1.165) is 21.1 Å². The van der Waals surface area contributed by atoms with Gasteiger partial charge < -0.3 is 10.4 Å². The summed E-state index contributed by atoms with van der Waals surface area (Å²) < 4.78 is 30.4. The summed E-state index contributed by atoms with van der Waals surface area (Å²) in [6.45, 7) is 3.51. The highest BCUT2D eigenvalue weighted by molar-refractivity contribution is 7.87. The van der Waals surface area contributed by atoms with E-state index in [1.807, 2.05) is 6.92 Å².